The van der Waals surface area contributed by atoms with E-state index >= 15 is 0 Å². The number of hydrogen-bond acceptors (Lipinski definition) is 7. The summed E-state index contributed by atoms with van der Waals surface area (Å²) in [4.78, 5) is 24.3. The molecule has 2 aromatic rings. The van der Waals surface area contributed by atoms with E-state index in [1.54, 1.807) is 30.5 Å². The summed E-state index contributed by atoms with van der Waals surface area (Å²) in [5, 5.41) is 24.3. The summed E-state index contributed by atoms with van der Waals surface area (Å²) >= 11 is 1.32. The molecule has 1 unspecified atom stereocenters. The molecule has 8 heteroatoms. The second kappa shape index (κ2) is 6.54. The van der Waals surface area contributed by atoms with Crippen LogP contribution in [0.15, 0.2) is 46.2 Å². The van der Waals surface area contributed by atoms with Crippen LogP contribution in [-0.2, 0) is 14.3 Å². The van der Waals surface area contributed by atoms with E-state index in [0.717, 1.165) is 4.70 Å². The summed E-state index contributed by atoms with van der Waals surface area (Å²) in [6, 6.07) is 7.33. The third-order valence-electron chi connectivity index (χ3n) is 4.29. The molecular weight excluding hydrogens is 354 g/mol. The molecule has 0 radical (unpaired) electrons. The van der Waals surface area contributed by atoms with E-state index in [4.69, 9.17) is 10.5 Å². The molecule has 0 aliphatic carbocycles. The standard InChI is InChI=1S/C18H15N3O4S/c1-8-12(17(22)23)13(14(16(20)21-8)18(24)25-2)11-7-26-15-9(6-19)4-3-5-10(11)15/h3-5,7,13,21H,20H2,1-2H3,(H,22,23). The molecule has 0 saturated carbocycles. The maximum Gasteiger partial charge on any atom is 0.338 e. The second-order valence-electron chi connectivity index (χ2n) is 5.71. The monoisotopic (exact) mass is 369 g/mol. The van der Waals surface area contributed by atoms with E-state index in [9.17, 15) is 20.0 Å². The maximum absolute atomic E-state index is 12.4. The van der Waals surface area contributed by atoms with Crippen LogP contribution in [0.2, 0.25) is 0 Å². The lowest BCUT2D eigenvalue weighted by Crippen LogP contribution is -2.35. The van der Waals surface area contributed by atoms with Gasteiger partial charge in [-0.05, 0) is 29.3 Å². The van der Waals surface area contributed by atoms with Gasteiger partial charge in [0.15, 0.2) is 0 Å². The molecule has 7 nitrogen and oxygen atoms in total. The van der Waals surface area contributed by atoms with Crippen LogP contribution < -0.4 is 11.1 Å². The molecule has 4 N–H and O–H groups in total. The van der Waals surface area contributed by atoms with Crippen molar-refractivity contribution in [3.63, 3.8) is 0 Å². The van der Waals surface area contributed by atoms with E-state index in [2.05, 4.69) is 11.4 Å². The Morgan fingerprint density at radius 2 is 2.12 bits per heavy atom. The average Bonchev–Trinajstić information content (AvgIpc) is 3.03. The lowest BCUT2D eigenvalue weighted by atomic mass is 9.81. The Morgan fingerprint density at radius 3 is 2.73 bits per heavy atom. The molecule has 1 atom stereocenters. The molecule has 0 saturated heterocycles. The highest BCUT2D eigenvalue weighted by Gasteiger charge is 2.38. The third kappa shape index (κ3) is 2.59. The lowest BCUT2D eigenvalue weighted by molar-refractivity contribution is -0.136. The highest BCUT2D eigenvalue weighted by Crippen LogP contribution is 2.43. The number of methoxy groups -OCH3 is 1. The van der Waals surface area contributed by atoms with Gasteiger partial charge in [0.2, 0.25) is 0 Å². The largest absolute Gasteiger partial charge is 0.478 e. The number of carbonyl (C=O) groups excluding carboxylic acids is 1. The molecule has 26 heavy (non-hydrogen) atoms. The summed E-state index contributed by atoms with van der Waals surface area (Å²) in [7, 11) is 1.21. The topological polar surface area (TPSA) is 125 Å². The Balaban J connectivity index is 2.33. The van der Waals surface area contributed by atoms with Crippen molar-refractivity contribution in [3.05, 3.63) is 57.4 Å². The van der Waals surface area contributed by atoms with Crippen LogP contribution >= 0.6 is 11.3 Å². The molecule has 1 aromatic heterocycles. The fourth-order valence-corrected chi connectivity index (χ4v) is 4.24. The van der Waals surface area contributed by atoms with Crippen LogP contribution in [0.5, 0.6) is 0 Å². The quantitative estimate of drug-likeness (QED) is 0.708. The van der Waals surface area contributed by atoms with Crippen LogP contribution in [0.4, 0.5) is 0 Å². The molecule has 1 aliphatic rings. The van der Waals surface area contributed by atoms with Crippen molar-refractivity contribution < 1.29 is 19.4 Å². The van der Waals surface area contributed by atoms with Crippen molar-refractivity contribution in [2.45, 2.75) is 12.8 Å². The van der Waals surface area contributed by atoms with Crippen LogP contribution in [0.1, 0.15) is 24.0 Å². The Labute approximate surface area is 153 Å². The number of ether oxygens (including phenoxy) is 1. The number of hydrogen-bond donors (Lipinski definition) is 3. The van der Waals surface area contributed by atoms with Gasteiger partial charge in [-0.25, -0.2) is 9.59 Å². The van der Waals surface area contributed by atoms with E-state index < -0.39 is 17.9 Å². The van der Waals surface area contributed by atoms with Gasteiger partial charge in [0.1, 0.15) is 11.9 Å². The second-order valence-corrected chi connectivity index (χ2v) is 6.59. The van der Waals surface area contributed by atoms with Crippen LogP contribution in [-0.4, -0.2) is 24.2 Å². The molecule has 0 amide bonds. The van der Waals surface area contributed by atoms with E-state index in [-0.39, 0.29) is 17.0 Å². The number of carboxylic acids is 1. The fraction of sp³-hybridized carbons (Fsp3) is 0.167. The summed E-state index contributed by atoms with van der Waals surface area (Å²) in [6.07, 6.45) is 0. The van der Waals surface area contributed by atoms with Gasteiger partial charge in [0.05, 0.1) is 34.4 Å². The Morgan fingerprint density at radius 1 is 1.38 bits per heavy atom. The molecule has 2 heterocycles. The molecule has 1 aliphatic heterocycles. The summed E-state index contributed by atoms with van der Waals surface area (Å²) in [5.74, 6) is -2.71. The zero-order chi connectivity index (χ0) is 19.0. The van der Waals surface area contributed by atoms with Crippen LogP contribution in [0.25, 0.3) is 10.1 Å². The van der Waals surface area contributed by atoms with Gasteiger partial charge in [-0.15, -0.1) is 11.3 Å². The predicted octanol–water partition coefficient (Wildman–Crippen LogP) is 2.16. The zero-order valence-corrected chi connectivity index (χ0v) is 14.8. The molecular formula is C18H15N3O4S. The smallest absolute Gasteiger partial charge is 0.338 e. The average molecular weight is 369 g/mol. The van der Waals surface area contributed by atoms with Gasteiger partial charge in [-0.1, -0.05) is 12.1 Å². The fourth-order valence-electron chi connectivity index (χ4n) is 3.17. The van der Waals surface area contributed by atoms with Gasteiger partial charge < -0.3 is 20.9 Å². The Kier molecular flexibility index (Phi) is 4.40. The summed E-state index contributed by atoms with van der Waals surface area (Å²) < 4.78 is 5.56. The number of thiophene rings is 1. The predicted molar refractivity (Wildman–Crippen MR) is 96.0 cm³/mol. The first-order valence-electron chi connectivity index (χ1n) is 7.60. The van der Waals surface area contributed by atoms with E-state index in [0.29, 0.717) is 22.2 Å². The molecule has 0 fully saturated rings. The van der Waals surface area contributed by atoms with Crippen molar-refractivity contribution in [1.82, 2.24) is 5.32 Å². The number of carboxylic acid groups (broad SMARTS) is 1. The number of carbonyl (C=O) groups is 2. The molecule has 132 valence electrons. The number of esters is 1. The number of dihydropyridines is 1. The third-order valence-corrected chi connectivity index (χ3v) is 5.34. The molecule has 0 bridgehead atoms. The zero-order valence-electron chi connectivity index (χ0n) is 14.0. The number of fused-ring (bicyclic) bond motifs is 1. The van der Waals surface area contributed by atoms with Gasteiger partial charge >= 0.3 is 11.9 Å². The minimum atomic E-state index is -1.16. The van der Waals surface area contributed by atoms with Gasteiger partial charge in [-0.3, -0.25) is 0 Å². The number of aliphatic carboxylic acids is 1. The minimum Gasteiger partial charge on any atom is -0.478 e. The van der Waals surface area contributed by atoms with Crippen LogP contribution in [0.3, 0.4) is 0 Å². The first kappa shape index (κ1) is 17.5. The highest BCUT2D eigenvalue weighted by molar-refractivity contribution is 7.17. The number of nitrogens with two attached hydrogens (primary N) is 1. The molecule has 0 spiro atoms. The van der Waals surface area contributed by atoms with E-state index in [1.807, 2.05) is 0 Å². The number of benzene rings is 1. The van der Waals surface area contributed by atoms with Crippen molar-refractivity contribution in [2.75, 3.05) is 7.11 Å². The van der Waals surface area contributed by atoms with Crippen LogP contribution in [0, 0.1) is 11.3 Å². The first-order chi connectivity index (χ1) is 12.4. The Hall–Kier alpha value is -3.31. The van der Waals surface area contributed by atoms with Crippen molar-refractivity contribution in [1.29, 1.82) is 5.26 Å². The summed E-state index contributed by atoms with van der Waals surface area (Å²) in [5.41, 5.74) is 7.49. The van der Waals surface area contributed by atoms with Crippen molar-refractivity contribution >= 4 is 33.4 Å². The Bertz CT molecular complexity index is 1040. The SMILES string of the molecule is COC(=O)C1=C(N)NC(C)=C(C(=O)O)C1c1csc2c(C#N)cccc12. The highest BCUT2D eigenvalue weighted by atomic mass is 32.1. The summed E-state index contributed by atoms with van der Waals surface area (Å²) in [6.45, 7) is 1.59. The number of rotatable bonds is 3. The number of allylic oxidation sites excluding steroid dienone is 1. The van der Waals surface area contributed by atoms with E-state index in [1.165, 1.54) is 18.4 Å². The molecule has 1 aromatic carbocycles. The van der Waals surface area contributed by atoms with Gasteiger partial charge in [0, 0.05) is 5.70 Å². The van der Waals surface area contributed by atoms with Gasteiger partial charge in [-0.2, -0.15) is 5.26 Å². The van der Waals surface area contributed by atoms with Crippen molar-refractivity contribution in [2.24, 2.45) is 5.73 Å². The number of nitrogens with one attached hydrogen (secondary N) is 1. The maximum atomic E-state index is 12.4. The number of nitriles is 1. The van der Waals surface area contributed by atoms with Crippen molar-refractivity contribution in [3.8, 4) is 6.07 Å². The molecule has 3 rings (SSSR count). The lowest BCUT2D eigenvalue weighted by Gasteiger charge is -2.28. The first-order valence-corrected chi connectivity index (χ1v) is 8.47. The minimum absolute atomic E-state index is 0.0154. The normalized spacial score (nSPS) is 17.0. The van der Waals surface area contributed by atoms with Gasteiger partial charge in [0.25, 0.3) is 0 Å². The number of nitrogens with zero attached hydrogens (tertiary/aromatic N) is 1.